The lowest BCUT2D eigenvalue weighted by Crippen LogP contribution is -2.28. The highest BCUT2D eigenvalue weighted by Crippen LogP contribution is 2.23. The fourth-order valence-corrected chi connectivity index (χ4v) is 3.47. The summed E-state index contributed by atoms with van der Waals surface area (Å²) in [7, 11) is -2.22. The standard InChI is InChI=1S/C18H22N2O4S/c1-4-19-25(22,23)15-10-11-17(24-3)16(12-15)18(21)20-13(2)14-8-6-5-7-9-14/h5-13,19H,4H2,1-3H3,(H,20,21). The van der Waals surface area contributed by atoms with E-state index in [0.717, 1.165) is 5.56 Å². The molecule has 1 atom stereocenters. The van der Waals surface area contributed by atoms with Gasteiger partial charge in [-0.1, -0.05) is 37.3 Å². The van der Waals surface area contributed by atoms with E-state index in [0.29, 0.717) is 5.75 Å². The van der Waals surface area contributed by atoms with Gasteiger partial charge in [-0.05, 0) is 30.7 Å². The minimum Gasteiger partial charge on any atom is -0.496 e. The molecule has 2 N–H and O–H groups in total. The molecule has 1 unspecified atom stereocenters. The largest absolute Gasteiger partial charge is 0.496 e. The Bertz CT molecular complexity index is 835. The van der Waals surface area contributed by atoms with Crippen LogP contribution in [0, 0.1) is 0 Å². The van der Waals surface area contributed by atoms with Crippen molar-refractivity contribution >= 4 is 15.9 Å². The number of rotatable bonds is 7. The van der Waals surface area contributed by atoms with Gasteiger partial charge in [0.1, 0.15) is 5.75 Å². The molecular formula is C18H22N2O4S. The van der Waals surface area contributed by atoms with Crippen LogP contribution in [0.4, 0.5) is 0 Å². The molecule has 2 rings (SSSR count). The third kappa shape index (κ3) is 4.58. The van der Waals surface area contributed by atoms with Gasteiger partial charge in [0.05, 0.1) is 23.6 Å². The number of hydrogen-bond acceptors (Lipinski definition) is 4. The van der Waals surface area contributed by atoms with Crippen molar-refractivity contribution in [3.8, 4) is 5.75 Å². The topological polar surface area (TPSA) is 84.5 Å². The smallest absolute Gasteiger partial charge is 0.255 e. The van der Waals surface area contributed by atoms with Crippen molar-refractivity contribution in [1.29, 1.82) is 0 Å². The predicted octanol–water partition coefficient (Wildman–Crippen LogP) is 2.48. The van der Waals surface area contributed by atoms with Crippen molar-refractivity contribution < 1.29 is 17.9 Å². The summed E-state index contributed by atoms with van der Waals surface area (Å²) < 4.78 is 31.9. The van der Waals surface area contributed by atoms with Crippen LogP contribution in [0.2, 0.25) is 0 Å². The first-order valence-corrected chi connectivity index (χ1v) is 9.41. The van der Waals surface area contributed by atoms with E-state index in [4.69, 9.17) is 4.74 Å². The van der Waals surface area contributed by atoms with Crippen LogP contribution >= 0.6 is 0 Å². The molecule has 0 aromatic heterocycles. The molecule has 25 heavy (non-hydrogen) atoms. The van der Waals surface area contributed by atoms with Crippen LogP contribution in [-0.4, -0.2) is 28.0 Å². The first-order chi connectivity index (χ1) is 11.9. The quantitative estimate of drug-likeness (QED) is 0.792. The van der Waals surface area contributed by atoms with Gasteiger partial charge in [0.15, 0.2) is 0 Å². The van der Waals surface area contributed by atoms with Gasteiger partial charge in [-0.15, -0.1) is 0 Å². The molecule has 0 spiro atoms. The maximum absolute atomic E-state index is 12.6. The van der Waals surface area contributed by atoms with Gasteiger partial charge in [0.25, 0.3) is 5.91 Å². The molecule has 0 aliphatic rings. The van der Waals surface area contributed by atoms with Crippen LogP contribution in [0.1, 0.15) is 35.8 Å². The molecule has 0 saturated heterocycles. The Morgan fingerprint density at radius 3 is 2.44 bits per heavy atom. The Kier molecular flexibility index (Phi) is 6.17. The lowest BCUT2D eigenvalue weighted by molar-refractivity contribution is 0.0936. The zero-order chi connectivity index (χ0) is 18.4. The maximum Gasteiger partial charge on any atom is 0.255 e. The van der Waals surface area contributed by atoms with Crippen LogP contribution < -0.4 is 14.8 Å². The van der Waals surface area contributed by atoms with Crippen molar-refractivity contribution in [3.63, 3.8) is 0 Å². The summed E-state index contributed by atoms with van der Waals surface area (Å²) in [5.74, 6) is -0.0880. The van der Waals surface area contributed by atoms with Crippen molar-refractivity contribution in [1.82, 2.24) is 10.0 Å². The second-order valence-electron chi connectivity index (χ2n) is 5.47. The monoisotopic (exact) mass is 362 g/mol. The number of methoxy groups -OCH3 is 1. The minimum atomic E-state index is -3.66. The zero-order valence-electron chi connectivity index (χ0n) is 14.4. The number of carbonyl (C=O) groups is 1. The summed E-state index contributed by atoms with van der Waals surface area (Å²) in [6.45, 7) is 3.82. The molecule has 0 aliphatic heterocycles. The van der Waals surface area contributed by atoms with Gasteiger partial charge < -0.3 is 10.1 Å². The van der Waals surface area contributed by atoms with E-state index < -0.39 is 15.9 Å². The Labute approximate surface area is 148 Å². The molecule has 6 nitrogen and oxygen atoms in total. The summed E-state index contributed by atoms with van der Waals surface area (Å²) in [6, 6.07) is 13.5. The maximum atomic E-state index is 12.6. The summed E-state index contributed by atoms with van der Waals surface area (Å²) >= 11 is 0. The normalized spacial score (nSPS) is 12.4. The van der Waals surface area contributed by atoms with Gasteiger partial charge in [-0.3, -0.25) is 4.79 Å². The highest BCUT2D eigenvalue weighted by atomic mass is 32.2. The summed E-state index contributed by atoms with van der Waals surface area (Å²) in [5.41, 5.74) is 1.12. The zero-order valence-corrected chi connectivity index (χ0v) is 15.3. The first kappa shape index (κ1) is 19.0. The Hall–Kier alpha value is -2.38. The second kappa shape index (κ2) is 8.13. The fraction of sp³-hybridized carbons (Fsp3) is 0.278. The van der Waals surface area contributed by atoms with E-state index in [1.807, 2.05) is 37.3 Å². The third-order valence-corrected chi connectivity index (χ3v) is 5.25. The van der Waals surface area contributed by atoms with Gasteiger partial charge in [0.2, 0.25) is 10.0 Å². The number of hydrogen-bond donors (Lipinski definition) is 2. The minimum absolute atomic E-state index is 0.0210. The van der Waals surface area contributed by atoms with E-state index in [2.05, 4.69) is 10.0 Å². The van der Waals surface area contributed by atoms with Crippen LogP contribution in [-0.2, 0) is 10.0 Å². The van der Waals surface area contributed by atoms with Crippen molar-refractivity contribution in [3.05, 3.63) is 59.7 Å². The molecular weight excluding hydrogens is 340 g/mol. The van der Waals surface area contributed by atoms with Crippen molar-refractivity contribution in [2.45, 2.75) is 24.8 Å². The summed E-state index contributed by atoms with van der Waals surface area (Å²) in [6.07, 6.45) is 0. The molecule has 0 saturated carbocycles. The van der Waals surface area contributed by atoms with E-state index in [9.17, 15) is 13.2 Å². The molecule has 2 aromatic rings. The van der Waals surface area contributed by atoms with Crippen LogP contribution in [0.3, 0.4) is 0 Å². The lowest BCUT2D eigenvalue weighted by Gasteiger charge is -2.16. The van der Waals surface area contributed by atoms with E-state index in [1.165, 1.54) is 25.3 Å². The van der Waals surface area contributed by atoms with E-state index >= 15 is 0 Å². The van der Waals surface area contributed by atoms with Gasteiger partial charge in [-0.2, -0.15) is 0 Å². The molecule has 134 valence electrons. The van der Waals surface area contributed by atoms with Gasteiger partial charge in [-0.25, -0.2) is 13.1 Å². The molecule has 0 radical (unpaired) electrons. The van der Waals surface area contributed by atoms with Crippen molar-refractivity contribution in [2.24, 2.45) is 0 Å². The molecule has 1 amide bonds. The highest BCUT2D eigenvalue weighted by molar-refractivity contribution is 7.89. The molecule has 0 bridgehead atoms. The summed E-state index contributed by atoms with van der Waals surface area (Å²) in [4.78, 5) is 12.7. The molecule has 0 fully saturated rings. The van der Waals surface area contributed by atoms with Crippen LogP contribution in [0.5, 0.6) is 5.75 Å². The van der Waals surface area contributed by atoms with E-state index in [-0.39, 0.29) is 23.0 Å². The number of carbonyl (C=O) groups excluding carboxylic acids is 1. The van der Waals surface area contributed by atoms with Crippen molar-refractivity contribution in [2.75, 3.05) is 13.7 Å². The van der Waals surface area contributed by atoms with Gasteiger partial charge >= 0.3 is 0 Å². The lowest BCUT2D eigenvalue weighted by atomic mass is 10.1. The molecule has 0 aliphatic carbocycles. The molecule has 0 heterocycles. The molecule has 7 heteroatoms. The number of sulfonamides is 1. The van der Waals surface area contributed by atoms with Gasteiger partial charge in [0, 0.05) is 6.54 Å². The number of benzene rings is 2. The molecule has 2 aromatic carbocycles. The predicted molar refractivity (Wildman–Crippen MR) is 96.2 cm³/mol. The average Bonchev–Trinajstić information content (AvgIpc) is 2.61. The van der Waals surface area contributed by atoms with Crippen LogP contribution in [0.25, 0.3) is 0 Å². The Balaban J connectivity index is 2.31. The number of amides is 1. The fourth-order valence-electron chi connectivity index (χ4n) is 2.40. The SMILES string of the molecule is CCNS(=O)(=O)c1ccc(OC)c(C(=O)NC(C)c2ccccc2)c1. The third-order valence-electron chi connectivity index (χ3n) is 3.71. The number of ether oxygens (including phenoxy) is 1. The summed E-state index contributed by atoms with van der Waals surface area (Å²) in [5, 5.41) is 2.86. The average molecular weight is 362 g/mol. The first-order valence-electron chi connectivity index (χ1n) is 7.92. The number of nitrogens with one attached hydrogen (secondary N) is 2. The van der Waals surface area contributed by atoms with E-state index in [1.54, 1.807) is 6.92 Å². The second-order valence-corrected chi connectivity index (χ2v) is 7.24. The Morgan fingerprint density at radius 1 is 1.16 bits per heavy atom. The van der Waals surface area contributed by atoms with Crippen LogP contribution in [0.15, 0.2) is 53.4 Å². The Morgan fingerprint density at radius 2 is 1.84 bits per heavy atom. The highest BCUT2D eigenvalue weighted by Gasteiger charge is 2.20.